The molecule has 0 aliphatic heterocycles. The fraction of sp³-hybridized carbons (Fsp3) is 0. The monoisotopic (exact) mass is 255 g/mol. The van der Waals surface area contributed by atoms with Crippen molar-refractivity contribution in [2.45, 2.75) is 10.1 Å². The van der Waals surface area contributed by atoms with Gasteiger partial charge in [-0.3, -0.25) is 4.79 Å². The molecule has 88 valence electrons. The number of hydrogen-bond acceptors (Lipinski definition) is 4. The topological polar surface area (TPSA) is 71.8 Å². The first-order valence-corrected chi connectivity index (χ1v) is 5.35. The van der Waals surface area contributed by atoms with Crippen molar-refractivity contribution in [1.82, 2.24) is 9.97 Å². The van der Waals surface area contributed by atoms with E-state index in [1.807, 2.05) is 0 Å². The van der Waals surface area contributed by atoms with Crippen molar-refractivity contribution in [3.05, 3.63) is 46.4 Å². The molecule has 17 heavy (non-hydrogen) atoms. The van der Waals surface area contributed by atoms with E-state index < -0.39 is 11.6 Å². The Balaban J connectivity index is 2.39. The third-order valence-electron chi connectivity index (χ3n) is 1.91. The lowest BCUT2D eigenvalue weighted by Gasteiger charge is -2.05. The largest absolute Gasteiger partial charge is 0.395 e. The van der Waals surface area contributed by atoms with Crippen LogP contribution in [-0.4, -0.2) is 9.97 Å². The van der Waals surface area contributed by atoms with Gasteiger partial charge in [-0.25, -0.2) is 13.8 Å². The molecular formula is C10H7F2N3OS. The molecule has 1 heterocycles. The highest BCUT2D eigenvalue weighted by molar-refractivity contribution is 7.99. The lowest BCUT2D eigenvalue weighted by Crippen LogP contribution is -2.05. The van der Waals surface area contributed by atoms with Crippen molar-refractivity contribution in [3.8, 4) is 0 Å². The Bertz CT molecular complexity index is 615. The van der Waals surface area contributed by atoms with Gasteiger partial charge in [0, 0.05) is 23.2 Å². The van der Waals surface area contributed by atoms with Gasteiger partial charge in [-0.05, 0) is 17.8 Å². The molecule has 4 nitrogen and oxygen atoms in total. The summed E-state index contributed by atoms with van der Waals surface area (Å²) in [7, 11) is 0. The SMILES string of the molecule is Nc1c(F)cc(F)cc1Sc1nccc(=O)[nH]1. The summed E-state index contributed by atoms with van der Waals surface area (Å²) in [5.41, 5.74) is 4.93. The first-order valence-electron chi connectivity index (χ1n) is 4.54. The quantitative estimate of drug-likeness (QED) is 0.634. The van der Waals surface area contributed by atoms with Crippen molar-refractivity contribution >= 4 is 17.4 Å². The van der Waals surface area contributed by atoms with Crippen molar-refractivity contribution in [2.75, 3.05) is 5.73 Å². The lowest BCUT2D eigenvalue weighted by molar-refractivity contribution is 0.581. The van der Waals surface area contributed by atoms with Gasteiger partial charge in [0.25, 0.3) is 5.56 Å². The highest BCUT2D eigenvalue weighted by atomic mass is 32.2. The van der Waals surface area contributed by atoms with Gasteiger partial charge in [-0.15, -0.1) is 0 Å². The normalized spacial score (nSPS) is 10.5. The third-order valence-corrected chi connectivity index (χ3v) is 2.87. The maximum Gasteiger partial charge on any atom is 0.251 e. The number of anilines is 1. The van der Waals surface area contributed by atoms with Crippen molar-refractivity contribution < 1.29 is 8.78 Å². The van der Waals surface area contributed by atoms with Crippen molar-refractivity contribution in [2.24, 2.45) is 0 Å². The summed E-state index contributed by atoms with van der Waals surface area (Å²) in [6.45, 7) is 0. The molecule has 0 fully saturated rings. The number of nitrogens with zero attached hydrogens (tertiary/aromatic N) is 1. The summed E-state index contributed by atoms with van der Waals surface area (Å²) in [5.74, 6) is -1.58. The van der Waals surface area contributed by atoms with Crippen LogP contribution in [0.1, 0.15) is 0 Å². The molecule has 1 aromatic carbocycles. The Kier molecular flexibility index (Phi) is 3.10. The second-order valence-electron chi connectivity index (χ2n) is 3.14. The van der Waals surface area contributed by atoms with Crippen LogP contribution in [0.25, 0.3) is 0 Å². The molecule has 0 spiro atoms. The Hall–Kier alpha value is -1.89. The zero-order chi connectivity index (χ0) is 12.4. The van der Waals surface area contributed by atoms with E-state index in [0.29, 0.717) is 6.07 Å². The number of H-pyrrole nitrogens is 1. The molecule has 7 heteroatoms. The molecule has 0 saturated heterocycles. The summed E-state index contributed by atoms with van der Waals surface area (Å²) in [6.07, 6.45) is 1.30. The summed E-state index contributed by atoms with van der Waals surface area (Å²) >= 11 is 0.885. The van der Waals surface area contributed by atoms with Crippen LogP contribution in [0.15, 0.2) is 39.2 Å². The molecule has 0 aliphatic carbocycles. The van der Waals surface area contributed by atoms with Crippen LogP contribution in [-0.2, 0) is 0 Å². The summed E-state index contributed by atoms with van der Waals surface area (Å²) in [4.78, 5) is 17.4. The number of benzene rings is 1. The average Bonchev–Trinajstić information content (AvgIpc) is 2.25. The first kappa shape index (κ1) is 11.6. The molecule has 1 aromatic heterocycles. The van der Waals surface area contributed by atoms with E-state index in [1.54, 1.807) is 0 Å². The van der Waals surface area contributed by atoms with Crippen LogP contribution in [0, 0.1) is 11.6 Å². The molecule has 0 radical (unpaired) electrons. The number of nitrogens with one attached hydrogen (secondary N) is 1. The minimum atomic E-state index is -0.842. The van der Waals surface area contributed by atoms with Gasteiger partial charge in [0.2, 0.25) is 0 Å². The van der Waals surface area contributed by atoms with Crippen LogP contribution in [0.2, 0.25) is 0 Å². The van der Waals surface area contributed by atoms with E-state index in [4.69, 9.17) is 5.73 Å². The number of halogens is 2. The molecule has 2 rings (SSSR count). The number of rotatable bonds is 2. The predicted octanol–water partition coefficient (Wildman–Crippen LogP) is 1.78. The molecular weight excluding hydrogens is 248 g/mol. The van der Waals surface area contributed by atoms with Gasteiger partial charge in [-0.2, -0.15) is 0 Å². The lowest BCUT2D eigenvalue weighted by atomic mass is 10.3. The van der Waals surface area contributed by atoms with Crippen molar-refractivity contribution in [1.29, 1.82) is 0 Å². The molecule has 0 amide bonds. The van der Waals surface area contributed by atoms with Gasteiger partial charge < -0.3 is 10.7 Å². The highest BCUT2D eigenvalue weighted by Gasteiger charge is 2.10. The Morgan fingerprint density at radius 1 is 1.35 bits per heavy atom. The molecule has 0 aliphatic rings. The number of aromatic amines is 1. The van der Waals surface area contributed by atoms with Gasteiger partial charge in [0.15, 0.2) is 5.16 Å². The Labute approximate surface area is 98.9 Å². The fourth-order valence-corrected chi connectivity index (χ4v) is 2.01. The molecule has 0 unspecified atom stereocenters. The minimum absolute atomic E-state index is 0.164. The fourth-order valence-electron chi connectivity index (χ4n) is 1.15. The number of aromatic nitrogens is 2. The number of nitrogen functional groups attached to an aromatic ring is 1. The smallest absolute Gasteiger partial charge is 0.251 e. The van der Waals surface area contributed by atoms with Crippen LogP contribution >= 0.6 is 11.8 Å². The van der Waals surface area contributed by atoms with Gasteiger partial charge in [0.1, 0.15) is 11.6 Å². The number of nitrogens with two attached hydrogens (primary N) is 1. The average molecular weight is 255 g/mol. The summed E-state index contributed by atoms with van der Waals surface area (Å²) < 4.78 is 26.1. The predicted molar refractivity (Wildman–Crippen MR) is 59.8 cm³/mol. The third kappa shape index (κ3) is 2.62. The maximum atomic E-state index is 13.2. The first-order chi connectivity index (χ1) is 8.06. The van der Waals surface area contributed by atoms with E-state index in [9.17, 15) is 13.6 Å². The molecule has 0 saturated carbocycles. The van der Waals surface area contributed by atoms with Crippen LogP contribution in [0.4, 0.5) is 14.5 Å². The van der Waals surface area contributed by atoms with Crippen LogP contribution in [0.3, 0.4) is 0 Å². The van der Waals surface area contributed by atoms with Crippen LogP contribution in [0.5, 0.6) is 0 Å². The summed E-state index contributed by atoms with van der Waals surface area (Å²) in [6, 6.07) is 3.01. The maximum absolute atomic E-state index is 13.2. The zero-order valence-corrected chi connectivity index (χ0v) is 9.22. The van der Waals surface area contributed by atoms with Gasteiger partial charge in [-0.1, -0.05) is 0 Å². The van der Waals surface area contributed by atoms with E-state index >= 15 is 0 Å². The Morgan fingerprint density at radius 3 is 2.82 bits per heavy atom. The standard InChI is InChI=1S/C10H7F2N3OS/c11-5-3-6(12)9(13)7(4-5)17-10-14-2-1-8(16)15-10/h1-4H,13H2,(H,14,15,16). The Morgan fingerprint density at radius 2 is 2.12 bits per heavy atom. The number of hydrogen-bond donors (Lipinski definition) is 2. The summed E-state index contributed by atoms with van der Waals surface area (Å²) in [5, 5.41) is 0.217. The highest BCUT2D eigenvalue weighted by Crippen LogP contribution is 2.31. The minimum Gasteiger partial charge on any atom is -0.395 e. The van der Waals surface area contributed by atoms with E-state index in [-0.39, 0.29) is 21.3 Å². The van der Waals surface area contributed by atoms with Crippen molar-refractivity contribution in [3.63, 3.8) is 0 Å². The van der Waals surface area contributed by atoms with Gasteiger partial charge >= 0.3 is 0 Å². The second-order valence-corrected chi connectivity index (χ2v) is 4.17. The molecule has 0 atom stereocenters. The van der Waals surface area contributed by atoms with E-state index in [1.165, 1.54) is 12.3 Å². The molecule has 3 N–H and O–H groups in total. The molecule has 2 aromatic rings. The van der Waals surface area contributed by atoms with E-state index in [2.05, 4.69) is 9.97 Å². The zero-order valence-electron chi connectivity index (χ0n) is 8.41. The second kappa shape index (κ2) is 4.54. The van der Waals surface area contributed by atoms with Gasteiger partial charge in [0.05, 0.1) is 5.69 Å². The van der Waals surface area contributed by atoms with E-state index in [0.717, 1.165) is 17.8 Å². The molecule has 0 bridgehead atoms. The van der Waals surface area contributed by atoms with Crippen LogP contribution < -0.4 is 11.3 Å².